The van der Waals surface area contributed by atoms with Crippen LogP contribution < -0.4 is 5.43 Å². The Labute approximate surface area is 127 Å². The molecule has 8 nitrogen and oxygen atoms in total. The number of carbonyl (C=O) groups is 2. The average molecular weight is 302 g/mol. The minimum absolute atomic E-state index is 0.0937. The van der Waals surface area contributed by atoms with Crippen LogP contribution in [0.2, 0.25) is 0 Å². The molecule has 0 aliphatic carbocycles. The number of fused-ring (bicyclic) bond motifs is 1. The number of aryl methyl sites for hydroxylation is 1. The zero-order valence-electron chi connectivity index (χ0n) is 12.3. The lowest BCUT2D eigenvalue weighted by Crippen LogP contribution is -2.41. The number of hydrogen-bond acceptors (Lipinski definition) is 5. The quantitative estimate of drug-likeness (QED) is 0.819. The van der Waals surface area contributed by atoms with Gasteiger partial charge < -0.3 is 9.47 Å². The molecule has 0 bridgehead atoms. The molecule has 1 saturated heterocycles. The number of hydrazone groups is 1. The van der Waals surface area contributed by atoms with E-state index in [4.69, 9.17) is 0 Å². The second-order valence-corrected chi connectivity index (χ2v) is 6.07. The van der Waals surface area contributed by atoms with Gasteiger partial charge in [0.15, 0.2) is 0 Å². The summed E-state index contributed by atoms with van der Waals surface area (Å²) in [5.41, 5.74) is 2.65. The van der Waals surface area contributed by atoms with E-state index in [1.165, 1.54) is 0 Å². The maximum absolute atomic E-state index is 12.3. The number of amides is 2. The molecule has 22 heavy (non-hydrogen) atoms. The third kappa shape index (κ3) is 2.18. The van der Waals surface area contributed by atoms with Crippen molar-refractivity contribution in [1.29, 1.82) is 0 Å². The van der Waals surface area contributed by atoms with E-state index in [-0.39, 0.29) is 18.2 Å². The van der Waals surface area contributed by atoms with Gasteiger partial charge in [0.05, 0.1) is 6.42 Å². The van der Waals surface area contributed by atoms with Crippen molar-refractivity contribution < 1.29 is 9.59 Å². The monoisotopic (exact) mass is 302 g/mol. The first-order chi connectivity index (χ1) is 10.7. The van der Waals surface area contributed by atoms with Crippen LogP contribution >= 0.6 is 0 Å². The van der Waals surface area contributed by atoms with E-state index in [1.807, 2.05) is 0 Å². The first-order valence-electron chi connectivity index (χ1n) is 7.79. The van der Waals surface area contributed by atoms with Crippen molar-refractivity contribution in [2.75, 3.05) is 13.1 Å². The van der Waals surface area contributed by atoms with Crippen LogP contribution in [0.1, 0.15) is 43.3 Å². The molecule has 0 atom stereocenters. The Morgan fingerprint density at radius 2 is 2.00 bits per heavy atom. The number of nitrogens with one attached hydrogen (secondary N) is 1. The molecule has 0 aromatic carbocycles. The zero-order valence-corrected chi connectivity index (χ0v) is 12.3. The Kier molecular flexibility index (Phi) is 3.16. The molecule has 0 spiro atoms. The smallest absolute Gasteiger partial charge is 0.270 e. The zero-order chi connectivity index (χ0) is 15.1. The van der Waals surface area contributed by atoms with Gasteiger partial charge in [0.2, 0.25) is 5.91 Å². The largest absolute Gasteiger partial charge is 0.337 e. The van der Waals surface area contributed by atoms with E-state index in [1.54, 1.807) is 4.90 Å². The van der Waals surface area contributed by atoms with Gasteiger partial charge in [-0.3, -0.25) is 9.59 Å². The summed E-state index contributed by atoms with van der Waals surface area (Å²) in [5, 5.41) is 12.4. The highest BCUT2D eigenvalue weighted by molar-refractivity contribution is 6.43. The second kappa shape index (κ2) is 5.19. The van der Waals surface area contributed by atoms with Crippen LogP contribution in [0.25, 0.3) is 0 Å². The first kappa shape index (κ1) is 13.4. The molecule has 3 aliphatic heterocycles. The Hall–Kier alpha value is -2.25. The molecule has 8 heteroatoms. The lowest BCUT2D eigenvalue weighted by molar-refractivity contribution is -0.125. The highest BCUT2D eigenvalue weighted by Gasteiger charge is 2.32. The lowest BCUT2D eigenvalue weighted by Gasteiger charge is -2.31. The molecular weight excluding hydrogens is 284 g/mol. The maximum atomic E-state index is 12.3. The molecule has 1 N–H and O–H groups in total. The SMILES string of the molecule is O=C1CC(C(=O)N2CCC(c3nnc4n3CCC4)CC2)=NN1. The number of nitrogens with zero attached hydrogens (tertiary/aromatic N) is 5. The number of rotatable bonds is 2. The van der Waals surface area contributed by atoms with Crippen molar-refractivity contribution >= 4 is 17.5 Å². The number of hydrogen-bond donors (Lipinski definition) is 1. The van der Waals surface area contributed by atoms with Crippen LogP contribution in [0.15, 0.2) is 5.10 Å². The van der Waals surface area contributed by atoms with Crippen molar-refractivity contribution in [1.82, 2.24) is 25.1 Å². The van der Waals surface area contributed by atoms with Crippen LogP contribution in [-0.2, 0) is 22.6 Å². The molecule has 0 radical (unpaired) electrons. The van der Waals surface area contributed by atoms with Gasteiger partial charge in [0, 0.05) is 32.0 Å². The predicted octanol–water partition coefficient (Wildman–Crippen LogP) is -0.194. The fraction of sp³-hybridized carbons (Fsp3) is 0.643. The minimum Gasteiger partial charge on any atom is -0.337 e. The second-order valence-electron chi connectivity index (χ2n) is 6.07. The molecule has 0 saturated carbocycles. The van der Waals surface area contributed by atoms with E-state index >= 15 is 0 Å². The Bertz CT molecular complexity index is 656. The van der Waals surface area contributed by atoms with E-state index < -0.39 is 0 Å². The van der Waals surface area contributed by atoms with E-state index in [9.17, 15) is 9.59 Å². The van der Waals surface area contributed by atoms with Gasteiger partial charge in [-0.2, -0.15) is 5.10 Å². The van der Waals surface area contributed by atoms with Crippen LogP contribution in [0.3, 0.4) is 0 Å². The molecule has 2 amide bonds. The normalized spacial score (nSPS) is 21.7. The van der Waals surface area contributed by atoms with Crippen molar-refractivity contribution in [2.24, 2.45) is 5.10 Å². The van der Waals surface area contributed by atoms with Crippen LogP contribution in [0, 0.1) is 0 Å². The van der Waals surface area contributed by atoms with Gasteiger partial charge >= 0.3 is 0 Å². The standard InChI is InChI=1S/C14H18N6O2/c21-12-8-10(15-17-12)14(22)19-6-3-9(4-7-19)13-18-16-11-2-1-5-20(11)13/h9H,1-8H2,(H,17,21). The summed E-state index contributed by atoms with van der Waals surface area (Å²) in [5.74, 6) is 2.21. The predicted molar refractivity (Wildman–Crippen MR) is 77.1 cm³/mol. The summed E-state index contributed by atoms with van der Waals surface area (Å²) in [6.07, 6.45) is 4.04. The Morgan fingerprint density at radius 1 is 1.18 bits per heavy atom. The summed E-state index contributed by atoms with van der Waals surface area (Å²) >= 11 is 0. The van der Waals surface area contributed by atoms with E-state index in [0.717, 1.165) is 43.9 Å². The fourth-order valence-electron chi connectivity index (χ4n) is 3.48. The summed E-state index contributed by atoms with van der Waals surface area (Å²) in [4.78, 5) is 25.2. The van der Waals surface area contributed by atoms with Gasteiger partial charge in [-0.1, -0.05) is 0 Å². The highest BCUT2D eigenvalue weighted by atomic mass is 16.2. The van der Waals surface area contributed by atoms with E-state index in [0.29, 0.717) is 24.7 Å². The maximum Gasteiger partial charge on any atom is 0.270 e. The fourth-order valence-corrected chi connectivity index (χ4v) is 3.48. The minimum atomic E-state index is -0.211. The van der Waals surface area contributed by atoms with Crippen molar-refractivity contribution in [2.45, 2.75) is 44.6 Å². The summed E-state index contributed by atoms with van der Waals surface area (Å²) in [6, 6.07) is 0. The third-order valence-electron chi connectivity index (χ3n) is 4.68. The lowest BCUT2D eigenvalue weighted by atomic mass is 9.95. The average Bonchev–Trinajstić information content (AvgIpc) is 3.23. The summed E-state index contributed by atoms with van der Waals surface area (Å²) in [6.45, 7) is 2.37. The third-order valence-corrected chi connectivity index (χ3v) is 4.68. The van der Waals surface area contributed by atoms with Crippen LogP contribution in [0.4, 0.5) is 0 Å². The molecule has 1 aromatic rings. The molecule has 0 unspecified atom stereocenters. The van der Waals surface area contributed by atoms with Crippen molar-refractivity contribution in [3.8, 4) is 0 Å². The van der Waals surface area contributed by atoms with Crippen LogP contribution in [-0.4, -0.2) is 50.3 Å². The number of piperidine rings is 1. The molecule has 1 aromatic heterocycles. The molecule has 4 heterocycles. The van der Waals surface area contributed by atoms with Crippen molar-refractivity contribution in [3.63, 3.8) is 0 Å². The molecule has 3 aliphatic rings. The van der Waals surface area contributed by atoms with E-state index in [2.05, 4.69) is 25.3 Å². The molecule has 116 valence electrons. The highest BCUT2D eigenvalue weighted by Crippen LogP contribution is 2.29. The van der Waals surface area contributed by atoms with Gasteiger partial charge in [-0.15, -0.1) is 10.2 Å². The number of likely N-dealkylation sites (tertiary alicyclic amines) is 1. The first-order valence-corrected chi connectivity index (χ1v) is 7.79. The Morgan fingerprint density at radius 3 is 2.73 bits per heavy atom. The van der Waals surface area contributed by atoms with Gasteiger partial charge in [0.25, 0.3) is 5.91 Å². The summed E-state index contributed by atoms with van der Waals surface area (Å²) in [7, 11) is 0. The topological polar surface area (TPSA) is 92.5 Å². The van der Waals surface area contributed by atoms with Gasteiger partial charge in [0.1, 0.15) is 17.4 Å². The van der Waals surface area contributed by atoms with Crippen LogP contribution in [0.5, 0.6) is 0 Å². The molecule has 4 rings (SSSR count). The molecular formula is C14H18N6O2. The van der Waals surface area contributed by atoms with Gasteiger partial charge in [-0.25, -0.2) is 5.43 Å². The summed E-state index contributed by atoms with van der Waals surface area (Å²) < 4.78 is 2.24. The number of carbonyl (C=O) groups excluding carboxylic acids is 2. The van der Waals surface area contributed by atoms with Gasteiger partial charge in [-0.05, 0) is 19.3 Å². The number of aromatic nitrogens is 3. The van der Waals surface area contributed by atoms with Crippen molar-refractivity contribution in [3.05, 3.63) is 11.6 Å². The Balaban J connectivity index is 1.40. The molecule has 1 fully saturated rings.